The molecule has 0 aliphatic carbocycles. The normalized spacial score (nSPS) is 34.6. The Morgan fingerprint density at radius 2 is 1.83 bits per heavy atom. The van der Waals surface area contributed by atoms with Gasteiger partial charge in [-0.25, -0.2) is 0 Å². The van der Waals surface area contributed by atoms with Gasteiger partial charge in [0.2, 0.25) is 0 Å². The number of carbonyl (C=O) groups is 1. The maximum atomic E-state index is 10.5. The van der Waals surface area contributed by atoms with Gasteiger partial charge in [0.1, 0.15) is 6.29 Å². The van der Waals surface area contributed by atoms with Gasteiger partial charge in [0, 0.05) is 6.42 Å². The molecule has 2 aliphatic heterocycles. The Hall–Kier alpha value is -0.930. The monoisotopic (exact) mass is 334 g/mol. The maximum Gasteiger partial charge on any atom is 0.120 e. The second kappa shape index (κ2) is 7.97. The van der Waals surface area contributed by atoms with Crippen LogP contribution in [0, 0.1) is 11.3 Å². The largest absolute Gasteiger partial charge is 0.370 e. The number of hydrogen-bond acceptors (Lipinski definition) is 3. The molecule has 0 radical (unpaired) electrons. The van der Waals surface area contributed by atoms with E-state index in [4.69, 9.17) is 9.47 Å². The molecular formula is C21H34O3. The molecule has 2 fully saturated rings. The van der Waals surface area contributed by atoms with Crippen molar-refractivity contribution < 1.29 is 14.3 Å². The van der Waals surface area contributed by atoms with E-state index in [9.17, 15) is 4.79 Å². The zero-order chi connectivity index (χ0) is 17.9. The van der Waals surface area contributed by atoms with Crippen molar-refractivity contribution in [3.8, 4) is 0 Å². The van der Waals surface area contributed by atoms with E-state index in [1.165, 1.54) is 11.1 Å². The van der Waals surface area contributed by atoms with Gasteiger partial charge in [0.15, 0.2) is 0 Å². The number of aldehydes is 1. The van der Waals surface area contributed by atoms with E-state index < -0.39 is 0 Å². The van der Waals surface area contributed by atoms with Crippen LogP contribution in [0.2, 0.25) is 0 Å². The summed E-state index contributed by atoms with van der Waals surface area (Å²) in [5, 5.41) is 0. The van der Waals surface area contributed by atoms with Crippen LogP contribution in [0.1, 0.15) is 66.2 Å². The minimum absolute atomic E-state index is 0.0807. The topological polar surface area (TPSA) is 35.5 Å². The molecule has 0 bridgehead atoms. The van der Waals surface area contributed by atoms with Crippen molar-refractivity contribution in [1.29, 1.82) is 0 Å². The summed E-state index contributed by atoms with van der Waals surface area (Å²) in [6.45, 7) is 17.4. The van der Waals surface area contributed by atoms with Gasteiger partial charge >= 0.3 is 0 Å². The number of rotatable bonds is 6. The summed E-state index contributed by atoms with van der Waals surface area (Å²) in [5.74, 6) is 0.501. The SMILES string of the molecule is C=C1C[C@H](CCC=O)OC1CC[C@H]1C[C@@H](C)C(=C)[C@@H](C(C)(C)C)O1. The lowest BCUT2D eigenvalue weighted by Crippen LogP contribution is -2.41. The molecule has 3 heteroatoms. The van der Waals surface area contributed by atoms with Crippen LogP contribution in [0.3, 0.4) is 0 Å². The molecule has 0 aromatic carbocycles. The fourth-order valence-electron chi connectivity index (χ4n) is 3.92. The lowest BCUT2D eigenvalue weighted by atomic mass is 9.76. The highest BCUT2D eigenvalue weighted by molar-refractivity contribution is 5.49. The Morgan fingerprint density at radius 3 is 2.46 bits per heavy atom. The van der Waals surface area contributed by atoms with Gasteiger partial charge in [-0.3, -0.25) is 0 Å². The van der Waals surface area contributed by atoms with Gasteiger partial charge in [-0.05, 0) is 54.6 Å². The second-order valence-corrected chi connectivity index (χ2v) is 8.65. The Labute approximate surface area is 147 Å². The first-order valence-electron chi connectivity index (χ1n) is 9.33. The minimum Gasteiger partial charge on any atom is -0.370 e. The van der Waals surface area contributed by atoms with Crippen molar-refractivity contribution in [3.05, 3.63) is 24.3 Å². The Morgan fingerprint density at radius 1 is 1.12 bits per heavy atom. The molecule has 136 valence electrons. The Kier molecular flexibility index (Phi) is 6.44. The summed E-state index contributed by atoms with van der Waals surface area (Å²) in [5.41, 5.74) is 2.48. The molecule has 0 aromatic heterocycles. The molecule has 1 unspecified atom stereocenters. The average molecular weight is 335 g/mol. The van der Waals surface area contributed by atoms with Gasteiger partial charge in [-0.2, -0.15) is 0 Å². The summed E-state index contributed by atoms with van der Waals surface area (Å²) in [7, 11) is 0. The zero-order valence-electron chi connectivity index (χ0n) is 15.8. The molecule has 0 N–H and O–H groups in total. The summed E-state index contributed by atoms with van der Waals surface area (Å²) in [6.07, 6.45) is 6.91. The van der Waals surface area contributed by atoms with Gasteiger partial charge in [-0.1, -0.05) is 40.9 Å². The first kappa shape index (κ1) is 19.4. The minimum atomic E-state index is 0.0807. The highest BCUT2D eigenvalue weighted by Crippen LogP contribution is 2.40. The molecule has 2 rings (SSSR count). The molecule has 2 saturated heterocycles. The zero-order valence-corrected chi connectivity index (χ0v) is 15.8. The number of hydrogen-bond donors (Lipinski definition) is 0. The fourth-order valence-corrected chi connectivity index (χ4v) is 3.92. The molecule has 2 heterocycles. The highest BCUT2D eigenvalue weighted by Gasteiger charge is 2.38. The molecule has 24 heavy (non-hydrogen) atoms. The summed E-state index contributed by atoms with van der Waals surface area (Å²) >= 11 is 0. The fraction of sp³-hybridized carbons (Fsp3) is 0.762. The summed E-state index contributed by atoms with van der Waals surface area (Å²) in [6, 6.07) is 0. The van der Waals surface area contributed by atoms with Crippen LogP contribution in [0.5, 0.6) is 0 Å². The van der Waals surface area contributed by atoms with Crippen molar-refractivity contribution >= 4 is 6.29 Å². The average Bonchev–Trinajstić information content (AvgIpc) is 2.85. The number of ether oxygens (including phenoxy) is 2. The molecule has 5 atom stereocenters. The van der Waals surface area contributed by atoms with E-state index in [-0.39, 0.29) is 29.8 Å². The molecule has 0 spiro atoms. The molecule has 0 amide bonds. The van der Waals surface area contributed by atoms with Crippen molar-refractivity contribution in [3.63, 3.8) is 0 Å². The lowest BCUT2D eigenvalue weighted by Gasteiger charge is -2.42. The van der Waals surface area contributed by atoms with Crippen LogP contribution in [-0.2, 0) is 14.3 Å². The Bertz CT molecular complexity index is 474. The van der Waals surface area contributed by atoms with E-state index in [1.54, 1.807) is 0 Å². The van der Waals surface area contributed by atoms with Gasteiger partial charge in [-0.15, -0.1) is 0 Å². The van der Waals surface area contributed by atoms with E-state index in [0.717, 1.165) is 38.4 Å². The van der Waals surface area contributed by atoms with Crippen LogP contribution in [0.15, 0.2) is 24.3 Å². The van der Waals surface area contributed by atoms with E-state index in [1.807, 2.05) is 0 Å². The third-order valence-corrected chi connectivity index (χ3v) is 5.36. The third-order valence-electron chi connectivity index (χ3n) is 5.36. The maximum absolute atomic E-state index is 10.5. The van der Waals surface area contributed by atoms with Crippen molar-refractivity contribution in [2.75, 3.05) is 0 Å². The first-order valence-corrected chi connectivity index (χ1v) is 9.33. The Balaban J connectivity index is 1.86. The van der Waals surface area contributed by atoms with Crippen LogP contribution >= 0.6 is 0 Å². The second-order valence-electron chi connectivity index (χ2n) is 8.65. The van der Waals surface area contributed by atoms with Gasteiger partial charge < -0.3 is 14.3 Å². The van der Waals surface area contributed by atoms with Crippen molar-refractivity contribution in [2.45, 2.75) is 90.6 Å². The van der Waals surface area contributed by atoms with Crippen LogP contribution in [0.4, 0.5) is 0 Å². The molecule has 3 nitrogen and oxygen atoms in total. The van der Waals surface area contributed by atoms with Gasteiger partial charge in [0.25, 0.3) is 0 Å². The highest BCUT2D eigenvalue weighted by atomic mass is 16.5. The first-order chi connectivity index (χ1) is 11.2. The predicted octanol–water partition coefficient (Wildman–Crippen LogP) is 4.86. The number of carbonyl (C=O) groups excluding carboxylic acids is 1. The van der Waals surface area contributed by atoms with Crippen LogP contribution in [-0.4, -0.2) is 30.7 Å². The smallest absolute Gasteiger partial charge is 0.120 e. The van der Waals surface area contributed by atoms with E-state index in [0.29, 0.717) is 12.3 Å². The van der Waals surface area contributed by atoms with Crippen molar-refractivity contribution in [2.24, 2.45) is 11.3 Å². The quantitative estimate of drug-likeness (QED) is 0.514. The predicted molar refractivity (Wildman–Crippen MR) is 98.0 cm³/mol. The molecule has 2 aliphatic rings. The van der Waals surface area contributed by atoms with Crippen LogP contribution < -0.4 is 0 Å². The van der Waals surface area contributed by atoms with Gasteiger partial charge in [0.05, 0.1) is 24.4 Å². The molecule has 0 saturated carbocycles. The third kappa shape index (κ3) is 4.80. The summed E-state index contributed by atoms with van der Waals surface area (Å²) in [4.78, 5) is 10.5. The van der Waals surface area contributed by atoms with Crippen molar-refractivity contribution in [1.82, 2.24) is 0 Å². The van der Waals surface area contributed by atoms with E-state index >= 15 is 0 Å². The van der Waals surface area contributed by atoms with Crippen LogP contribution in [0.25, 0.3) is 0 Å². The standard InChI is InChI=1S/C21H34O3/c1-14-12-18(24-20(16(14)3)21(4,5)6)9-10-19-15(2)13-17(23-19)8-7-11-22/h11,14,17-20H,2-3,7-10,12-13H2,1,4-6H3/t14-,17+,18+,19?,20+/m1/s1. The summed E-state index contributed by atoms with van der Waals surface area (Å²) < 4.78 is 12.5. The molecule has 0 aromatic rings. The molecular weight excluding hydrogens is 300 g/mol. The lowest BCUT2D eigenvalue weighted by molar-refractivity contribution is -0.108. The van der Waals surface area contributed by atoms with E-state index in [2.05, 4.69) is 40.9 Å².